The van der Waals surface area contributed by atoms with Gasteiger partial charge in [0.05, 0.1) is 30.9 Å². The van der Waals surface area contributed by atoms with E-state index in [1.165, 1.54) is 10.8 Å². The summed E-state index contributed by atoms with van der Waals surface area (Å²) in [7, 11) is 1.62. The van der Waals surface area contributed by atoms with E-state index < -0.39 is 0 Å². The molecule has 0 atom stereocenters. The van der Waals surface area contributed by atoms with Crippen LogP contribution in [-0.2, 0) is 24.4 Å². The van der Waals surface area contributed by atoms with Crippen molar-refractivity contribution in [2.45, 2.75) is 19.6 Å². The fourth-order valence-corrected chi connectivity index (χ4v) is 4.09. The first-order valence-corrected chi connectivity index (χ1v) is 10.4. The zero-order chi connectivity index (χ0) is 20.9. The molecule has 7 heteroatoms. The number of thiophene rings is 1. The van der Waals surface area contributed by atoms with Crippen molar-refractivity contribution in [3.63, 3.8) is 0 Å². The van der Waals surface area contributed by atoms with E-state index in [9.17, 15) is 9.59 Å². The summed E-state index contributed by atoms with van der Waals surface area (Å²) in [4.78, 5) is 32.8. The summed E-state index contributed by atoms with van der Waals surface area (Å²) >= 11 is 1.60. The predicted octanol–water partition coefficient (Wildman–Crippen LogP) is 3.70. The summed E-state index contributed by atoms with van der Waals surface area (Å²) in [5, 5.41) is 1.99. The molecule has 0 bridgehead atoms. The number of aromatic nitrogens is 2. The largest absolute Gasteiger partial charge is 0.496 e. The van der Waals surface area contributed by atoms with Gasteiger partial charge in [-0.25, -0.2) is 4.98 Å². The first kappa shape index (κ1) is 19.8. The Kier molecular flexibility index (Phi) is 5.90. The third kappa shape index (κ3) is 4.26. The molecule has 0 unspecified atom stereocenters. The molecular formula is C23H21N3O3S. The average Bonchev–Trinajstić information content (AvgIpc) is 3.29. The molecule has 6 nitrogen and oxygen atoms in total. The number of rotatable bonds is 7. The zero-order valence-electron chi connectivity index (χ0n) is 16.5. The number of fused-ring (bicyclic) bond motifs is 1. The lowest BCUT2D eigenvalue weighted by molar-refractivity contribution is -0.133. The van der Waals surface area contributed by atoms with Crippen LogP contribution in [0, 0.1) is 0 Å². The summed E-state index contributed by atoms with van der Waals surface area (Å²) in [6.45, 7) is 0.799. The fraction of sp³-hybridized carbons (Fsp3) is 0.174. The zero-order valence-corrected chi connectivity index (χ0v) is 17.3. The Bertz CT molecular complexity index is 1220. The van der Waals surface area contributed by atoms with Crippen LogP contribution < -0.4 is 10.3 Å². The summed E-state index contributed by atoms with van der Waals surface area (Å²) in [6.07, 6.45) is 1.26. The summed E-state index contributed by atoms with van der Waals surface area (Å²) in [5.41, 5.74) is 1.94. The van der Waals surface area contributed by atoms with E-state index in [-0.39, 0.29) is 18.0 Å². The normalized spacial score (nSPS) is 10.8. The molecule has 0 aliphatic rings. The molecule has 0 radical (unpaired) electrons. The third-order valence-electron chi connectivity index (χ3n) is 4.88. The smallest absolute Gasteiger partial charge is 0.269 e. The van der Waals surface area contributed by atoms with Crippen LogP contribution >= 0.6 is 11.3 Å². The molecule has 30 heavy (non-hydrogen) atoms. The van der Waals surface area contributed by atoms with Crippen molar-refractivity contribution >= 4 is 28.3 Å². The van der Waals surface area contributed by atoms with Crippen molar-refractivity contribution in [2.24, 2.45) is 0 Å². The minimum absolute atomic E-state index is 0.0532. The molecule has 4 aromatic rings. The van der Waals surface area contributed by atoms with Crippen LogP contribution in [-0.4, -0.2) is 27.5 Å². The maximum Gasteiger partial charge on any atom is 0.269 e. The van der Waals surface area contributed by atoms with Crippen LogP contribution in [0.2, 0.25) is 0 Å². The van der Waals surface area contributed by atoms with E-state index in [0.717, 1.165) is 16.2 Å². The van der Waals surface area contributed by atoms with Crippen LogP contribution in [0.15, 0.2) is 77.0 Å². The van der Waals surface area contributed by atoms with Crippen molar-refractivity contribution in [1.29, 1.82) is 0 Å². The molecule has 0 aliphatic carbocycles. The highest BCUT2D eigenvalue weighted by Gasteiger charge is 2.19. The van der Waals surface area contributed by atoms with E-state index in [2.05, 4.69) is 4.98 Å². The first-order valence-electron chi connectivity index (χ1n) is 9.52. The van der Waals surface area contributed by atoms with Crippen LogP contribution in [0.5, 0.6) is 5.75 Å². The van der Waals surface area contributed by atoms with Gasteiger partial charge < -0.3 is 9.64 Å². The molecule has 0 fully saturated rings. The van der Waals surface area contributed by atoms with Crippen LogP contribution in [0.25, 0.3) is 11.0 Å². The molecule has 0 N–H and O–H groups in total. The molecule has 0 saturated carbocycles. The predicted molar refractivity (Wildman–Crippen MR) is 118 cm³/mol. The Hall–Kier alpha value is -3.45. The Morgan fingerprint density at radius 3 is 2.67 bits per heavy atom. The van der Waals surface area contributed by atoms with Gasteiger partial charge in [0, 0.05) is 17.0 Å². The van der Waals surface area contributed by atoms with Gasteiger partial charge >= 0.3 is 0 Å². The monoisotopic (exact) mass is 419 g/mol. The molecule has 0 aliphatic heterocycles. The van der Waals surface area contributed by atoms with Gasteiger partial charge in [-0.3, -0.25) is 14.2 Å². The van der Waals surface area contributed by atoms with Gasteiger partial charge in [0.1, 0.15) is 12.3 Å². The van der Waals surface area contributed by atoms with Crippen LogP contribution in [0.3, 0.4) is 0 Å². The number of methoxy groups -OCH3 is 1. The van der Waals surface area contributed by atoms with Gasteiger partial charge in [0.25, 0.3) is 5.56 Å². The standard InChI is InChI=1S/C23H21N3O3S/c1-29-21-11-5-2-7-17(21)14-25(15-18-8-6-12-30-18)23(28)16-26-20-10-4-3-9-19(20)24-13-22(26)27/h2-13H,14-16H2,1H3. The Morgan fingerprint density at radius 1 is 1.07 bits per heavy atom. The fourth-order valence-electron chi connectivity index (χ4n) is 3.38. The van der Waals surface area contributed by atoms with Crippen LogP contribution in [0.4, 0.5) is 0 Å². The van der Waals surface area contributed by atoms with Gasteiger partial charge in [-0.1, -0.05) is 36.4 Å². The van der Waals surface area contributed by atoms with Crippen molar-refractivity contribution in [1.82, 2.24) is 14.5 Å². The number of nitrogens with zero attached hydrogens (tertiary/aromatic N) is 3. The topological polar surface area (TPSA) is 64.4 Å². The lowest BCUT2D eigenvalue weighted by Crippen LogP contribution is -2.36. The molecule has 4 rings (SSSR count). The van der Waals surface area contributed by atoms with Crippen LogP contribution in [0.1, 0.15) is 10.4 Å². The van der Waals surface area contributed by atoms with Gasteiger partial charge in [0.15, 0.2) is 0 Å². The molecule has 2 heterocycles. The van der Waals surface area contributed by atoms with E-state index in [0.29, 0.717) is 24.1 Å². The van der Waals surface area contributed by atoms with Crippen molar-refractivity contribution in [3.8, 4) is 5.75 Å². The quantitative estimate of drug-likeness (QED) is 0.458. The lowest BCUT2D eigenvalue weighted by atomic mass is 10.2. The second-order valence-corrected chi connectivity index (χ2v) is 7.84. The average molecular weight is 420 g/mol. The maximum absolute atomic E-state index is 13.3. The summed E-state index contributed by atoms with van der Waals surface area (Å²) in [6, 6.07) is 18.9. The number of carbonyl (C=O) groups excluding carboxylic acids is 1. The van der Waals surface area contributed by atoms with Crippen molar-refractivity contribution in [3.05, 3.63) is 93.0 Å². The van der Waals surface area contributed by atoms with Gasteiger partial charge in [-0.2, -0.15) is 0 Å². The van der Waals surface area contributed by atoms with Gasteiger partial charge in [0.2, 0.25) is 5.91 Å². The molecule has 0 spiro atoms. The molecular weight excluding hydrogens is 398 g/mol. The molecule has 152 valence electrons. The minimum atomic E-state index is -0.296. The number of hydrogen-bond acceptors (Lipinski definition) is 5. The van der Waals surface area contributed by atoms with Crippen molar-refractivity contribution < 1.29 is 9.53 Å². The number of hydrogen-bond donors (Lipinski definition) is 0. The lowest BCUT2D eigenvalue weighted by Gasteiger charge is -2.24. The molecule has 2 aromatic carbocycles. The first-order chi connectivity index (χ1) is 14.7. The molecule has 0 saturated heterocycles. The number of benzene rings is 2. The maximum atomic E-state index is 13.3. The second kappa shape index (κ2) is 8.92. The molecule has 1 amide bonds. The Balaban J connectivity index is 1.66. The van der Waals surface area contributed by atoms with E-state index in [1.54, 1.807) is 29.4 Å². The van der Waals surface area contributed by atoms with E-state index in [4.69, 9.17) is 4.74 Å². The summed E-state index contributed by atoms with van der Waals surface area (Å²) in [5.74, 6) is 0.584. The third-order valence-corrected chi connectivity index (χ3v) is 5.74. The van der Waals surface area contributed by atoms with E-state index >= 15 is 0 Å². The highest BCUT2D eigenvalue weighted by molar-refractivity contribution is 7.09. The number of amides is 1. The van der Waals surface area contributed by atoms with Crippen molar-refractivity contribution in [2.75, 3.05) is 7.11 Å². The van der Waals surface area contributed by atoms with Gasteiger partial charge in [-0.15, -0.1) is 11.3 Å². The number of para-hydroxylation sites is 3. The van der Waals surface area contributed by atoms with Gasteiger partial charge in [-0.05, 0) is 29.6 Å². The summed E-state index contributed by atoms with van der Waals surface area (Å²) < 4.78 is 6.94. The minimum Gasteiger partial charge on any atom is -0.496 e. The highest BCUT2D eigenvalue weighted by Crippen LogP contribution is 2.22. The molecule has 2 aromatic heterocycles. The Morgan fingerprint density at radius 2 is 1.87 bits per heavy atom. The highest BCUT2D eigenvalue weighted by atomic mass is 32.1. The second-order valence-electron chi connectivity index (χ2n) is 6.81. The Labute approximate surface area is 178 Å². The SMILES string of the molecule is COc1ccccc1CN(Cc1cccs1)C(=O)Cn1c(=O)cnc2ccccc21. The number of ether oxygens (including phenoxy) is 1. The van der Waals surface area contributed by atoms with E-state index in [1.807, 2.05) is 60.0 Å². The number of carbonyl (C=O) groups is 1.